The minimum atomic E-state index is -1.03. The van der Waals surface area contributed by atoms with Crippen molar-refractivity contribution in [3.8, 4) is 11.1 Å². The van der Waals surface area contributed by atoms with Crippen molar-refractivity contribution in [2.24, 2.45) is 0 Å². The van der Waals surface area contributed by atoms with Crippen LogP contribution in [0.5, 0.6) is 0 Å². The van der Waals surface area contributed by atoms with Crippen LogP contribution in [0.25, 0.3) is 21.9 Å². The molecule has 4 rings (SSSR count). The van der Waals surface area contributed by atoms with Gasteiger partial charge in [-0.3, -0.25) is 14.4 Å². The van der Waals surface area contributed by atoms with Gasteiger partial charge in [-0.15, -0.1) is 0 Å². The van der Waals surface area contributed by atoms with E-state index in [1.54, 1.807) is 6.20 Å². The summed E-state index contributed by atoms with van der Waals surface area (Å²) in [6, 6.07) is 23.2. The molecular formula is C32H34N4O4. The second kappa shape index (κ2) is 13.4. The van der Waals surface area contributed by atoms with Crippen molar-refractivity contribution in [1.82, 2.24) is 15.6 Å². The number of benzene rings is 3. The number of carboxylic acids is 1. The molecule has 0 fully saturated rings. The Morgan fingerprint density at radius 2 is 1.52 bits per heavy atom. The van der Waals surface area contributed by atoms with Crippen molar-refractivity contribution in [2.45, 2.75) is 39.2 Å². The quantitative estimate of drug-likeness (QED) is 0.185. The van der Waals surface area contributed by atoms with Gasteiger partial charge in [-0.1, -0.05) is 60.2 Å². The lowest BCUT2D eigenvalue weighted by Crippen LogP contribution is -2.39. The van der Waals surface area contributed by atoms with Crippen LogP contribution >= 0.6 is 0 Å². The lowest BCUT2D eigenvalue weighted by Gasteiger charge is -2.18. The van der Waals surface area contributed by atoms with E-state index >= 15 is 0 Å². The molecule has 0 aliphatic heterocycles. The molecule has 0 spiro atoms. The van der Waals surface area contributed by atoms with Gasteiger partial charge in [0.1, 0.15) is 5.82 Å². The minimum absolute atomic E-state index is 0.226. The fourth-order valence-corrected chi connectivity index (χ4v) is 4.49. The molecule has 0 saturated heterocycles. The summed E-state index contributed by atoms with van der Waals surface area (Å²) in [4.78, 5) is 40.5. The maximum absolute atomic E-state index is 12.6. The van der Waals surface area contributed by atoms with Crippen molar-refractivity contribution in [3.05, 3.63) is 95.7 Å². The smallest absolute Gasteiger partial charge is 0.305 e. The highest BCUT2D eigenvalue weighted by atomic mass is 16.4. The van der Waals surface area contributed by atoms with E-state index < -0.39 is 17.9 Å². The van der Waals surface area contributed by atoms with Gasteiger partial charge < -0.3 is 21.1 Å². The molecule has 1 aromatic heterocycles. The summed E-state index contributed by atoms with van der Waals surface area (Å²) in [6.07, 6.45) is 2.28. The van der Waals surface area contributed by atoms with E-state index in [-0.39, 0.29) is 25.3 Å². The number of carbonyl (C=O) groups is 3. The molecule has 8 nitrogen and oxygen atoms in total. The Morgan fingerprint density at radius 1 is 0.825 bits per heavy atom. The normalized spacial score (nSPS) is 11.6. The number of hydrogen-bond donors (Lipinski definition) is 4. The molecule has 0 aliphatic carbocycles. The average molecular weight is 539 g/mol. The number of amides is 2. The molecular weight excluding hydrogens is 504 g/mol. The molecule has 8 heteroatoms. The lowest BCUT2D eigenvalue weighted by atomic mass is 9.97. The number of aryl methyl sites for hydroxylation is 2. The molecule has 0 aliphatic rings. The van der Waals surface area contributed by atoms with Crippen molar-refractivity contribution < 1.29 is 19.5 Å². The van der Waals surface area contributed by atoms with Crippen molar-refractivity contribution >= 4 is 34.4 Å². The molecule has 0 bridgehead atoms. The molecule has 3 aromatic carbocycles. The molecule has 4 aromatic rings. The maximum Gasteiger partial charge on any atom is 0.305 e. The summed E-state index contributed by atoms with van der Waals surface area (Å²) in [6.45, 7) is 4.40. The Balaban J connectivity index is 1.29. The van der Waals surface area contributed by atoms with Crippen LogP contribution in [0.15, 0.2) is 79.0 Å². The second-order valence-electron chi connectivity index (χ2n) is 9.93. The summed E-state index contributed by atoms with van der Waals surface area (Å²) in [5.41, 5.74) is 5.03. The second-order valence-corrected chi connectivity index (χ2v) is 9.93. The molecule has 4 N–H and O–H groups in total. The highest BCUT2D eigenvalue weighted by molar-refractivity contribution is 5.88. The largest absolute Gasteiger partial charge is 0.481 e. The van der Waals surface area contributed by atoms with Crippen LogP contribution < -0.4 is 16.0 Å². The Morgan fingerprint density at radius 3 is 2.27 bits per heavy atom. The van der Waals surface area contributed by atoms with Crippen molar-refractivity contribution in [3.63, 3.8) is 0 Å². The third kappa shape index (κ3) is 8.14. The first-order valence-electron chi connectivity index (χ1n) is 13.3. The van der Waals surface area contributed by atoms with Gasteiger partial charge in [0, 0.05) is 19.2 Å². The van der Waals surface area contributed by atoms with Crippen LogP contribution in [0.3, 0.4) is 0 Å². The number of carboxylic acid groups (broad SMARTS) is 1. The fraction of sp³-hybridized carbons (Fsp3) is 0.250. The lowest BCUT2D eigenvalue weighted by molar-refractivity contribution is -0.138. The van der Waals surface area contributed by atoms with Crippen LogP contribution in [-0.4, -0.2) is 41.0 Å². The maximum atomic E-state index is 12.6. The molecule has 1 atom stereocenters. The van der Waals surface area contributed by atoms with Crippen LogP contribution in [0, 0.1) is 13.8 Å². The van der Waals surface area contributed by atoms with Crippen LogP contribution in [0.4, 0.5) is 5.82 Å². The van der Waals surface area contributed by atoms with Gasteiger partial charge in [0.05, 0.1) is 19.0 Å². The van der Waals surface area contributed by atoms with Gasteiger partial charge in [-0.05, 0) is 71.5 Å². The zero-order chi connectivity index (χ0) is 28.5. The summed E-state index contributed by atoms with van der Waals surface area (Å²) in [7, 11) is 0. The van der Waals surface area contributed by atoms with Gasteiger partial charge in [-0.25, -0.2) is 4.98 Å². The summed E-state index contributed by atoms with van der Waals surface area (Å²) in [5, 5.41) is 20.3. The molecule has 0 saturated carbocycles. The Bertz CT molecular complexity index is 1500. The van der Waals surface area contributed by atoms with Gasteiger partial charge in [-0.2, -0.15) is 0 Å². The van der Waals surface area contributed by atoms with E-state index in [4.69, 9.17) is 0 Å². The van der Waals surface area contributed by atoms with E-state index in [0.29, 0.717) is 18.5 Å². The van der Waals surface area contributed by atoms with Gasteiger partial charge in [0.25, 0.3) is 0 Å². The topological polar surface area (TPSA) is 120 Å². The van der Waals surface area contributed by atoms with Crippen LogP contribution in [0.1, 0.15) is 42.0 Å². The van der Waals surface area contributed by atoms with E-state index in [1.165, 1.54) is 10.9 Å². The number of fused-ring (bicyclic) bond motifs is 1. The summed E-state index contributed by atoms with van der Waals surface area (Å²) in [5.74, 6) is -0.974. The number of pyridine rings is 1. The number of rotatable bonds is 12. The third-order valence-corrected chi connectivity index (χ3v) is 6.60. The Kier molecular flexibility index (Phi) is 9.46. The number of nitrogens with one attached hydrogen (secondary N) is 3. The van der Waals surface area contributed by atoms with Crippen LogP contribution in [-0.2, 0) is 14.4 Å². The Hall–Kier alpha value is -4.72. The molecule has 1 heterocycles. The number of nitrogens with zero attached hydrogens (tertiary/aromatic N) is 1. The highest BCUT2D eigenvalue weighted by Gasteiger charge is 2.19. The average Bonchev–Trinajstić information content (AvgIpc) is 2.93. The van der Waals surface area contributed by atoms with E-state index in [1.807, 2.05) is 43.3 Å². The predicted octanol–water partition coefficient (Wildman–Crippen LogP) is 5.16. The van der Waals surface area contributed by atoms with E-state index in [2.05, 4.69) is 64.3 Å². The van der Waals surface area contributed by atoms with Crippen molar-refractivity contribution in [1.29, 1.82) is 0 Å². The standard InChI is InChI=1S/C32H34N4O4/c1-21-5-6-27-18-26(12-11-25(27)16-21)23-7-9-24(10-8-23)28(19-32(39)40)36-31(38)20-35-30(37)4-3-14-33-29-17-22(2)13-15-34-29/h5-13,15-18,28H,3-4,14,19-20H2,1-2H3,(H,33,34)(H,35,37)(H,36,38)(H,39,40)/t28-/m0/s1. The third-order valence-electron chi connectivity index (χ3n) is 6.60. The van der Waals surface area contributed by atoms with Crippen molar-refractivity contribution in [2.75, 3.05) is 18.4 Å². The van der Waals surface area contributed by atoms with E-state index in [0.717, 1.165) is 27.9 Å². The van der Waals surface area contributed by atoms with Gasteiger partial charge >= 0.3 is 5.97 Å². The highest BCUT2D eigenvalue weighted by Crippen LogP contribution is 2.27. The number of aliphatic carboxylic acids is 1. The molecule has 2 amide bonds. The zero-order valence-corrected chi connectivity index (χ0v) is 22.7. The summed E-state index contributed by atoms with van der Waals surface area (Å²) >= 11 is 0. The first kappa shape index (κ1) is 28.3. The summed E-state index contributed by atoms with van der Waals surface area (Å²) < 4.78 is 0. The number of carbonyl (C=O) groups excluding carboxylic acids is 2. The van der Waals surface area contributed by atoms with E-state index in [9.17, 15) is 19.5 Å². The monoisotopic (exact) mass is 538 g/mol. The number of anilines is 1. The SMILES string of the molecule is Cc1ccnc(NCCCC(=O)NCC(=O)N[C@@H](CC(=O)O)c2ccc(-c3ccc4cc(C)ccc4c3)cc2)c1. The molecule has 206 valence electrons. The molecule has 0 unspecified atom stereocenters. The first-order valence-corrected chi connectivity index (χ1v) is 13.3. The first-order chi connectivity index (χ1) is 19.3. The molecule has 40 heavy (non-hydrogen) atoms. The zero-order valence-electron chi connectivity index (χ0n) is 22.7. The van der Waals surface area contributed by atoms with Crippen LogP contribution in [0.2, 0.25) is 0 Å². The fourth-order valence-electron chi connectivity index (χ4n) is 4.49. The van der Waals surface area contributed by atoms with Gasteiger partial charge in [0.2, 0.25) is 11.8 Å². The Labute approximate surface area is 233 Å². The molecule has 0 radical (unpaired) electrons. The minimum Gasteiger partial charge on any atom is -0.481 e. The number of hydrogen-bond acceptors (Lipinski definition) is 5. The van der Waals surface area contributed by atoms with Gasteiger partial charge in [0.15, 0.2) is 0 Å². The predicted molar refractivity (Wildman–Crippen MR) is 157 cm³/mol. The number of aromatic nitrogens is 1.